The number of carbonyl (C=O) groups is 2. The average Bonchev–Trinajstić information content (AvgIpc) is 2.93. The van der Waals surface area contributed by atoms with Crippen LogP contribution in [0.15, 0.2) is 65.6 Å². The zero-order valence-electron chi connectivity index (χ0n) is 24.3. The van der Waals surface area contributed by atoms with Crippen molar-refractivity contribution in [3.8, 4) is 0 Å². The standard InChI is InChI=1S/C31H36Cl3N3O4S/c1-6-22(5)35-31(39)28(7-2)36(18-25-26(33)9-8-10-27(25)34)30(38)19-37(29-16-13-23(32)17-21(29)4)42(40,41)24-14-11-20(3)12-15-24/h8-17,22,28H,6-7,18-19H2,1-5H3,(H,35,39). The average molecular weight is 653 g/mol. The van der Waals surface area contributed by atoms with Crippen LogP contribution in [0, 0.1) is 13.8 Å². The monoisotopic (exact) mass is 651 g/mol. The Bertz CT molecular complexity index is 1510. The van der Waals surface area contributed by atoms with E-state index in [-0.39, 0.29) is 29.8 Å². The third-order valence-corrected chi connectivity index (χ3v) is 9.81. The minimum atomic E-state index is -4.21. The van der Waals surface area contributed by atoms with Crippen molar-refractivity contribution in [2.75, 3.05) is 10.8 Å². The van der Waals surface area contributed by atoms with Crippen LogP contribution in [0.25, 0.3) is 0 Å². The van der Waals surface area contributed by atoms with Crippen LogP contribution in [-0.2, 0) is 26.2 Å². The molecule has 3 aromatic rings. The number of hydrogen-bond donors (Lipinski definition) is 1. The molecule has 2 amide bonds. The predicted octanol–water partition coefficient (Wildman–Crippen LogP) is 7.18. The lowest BCUT2D eigenvalue weighted by Gasteiger charge is -2.34. The molecule has 0 aliphatic carbocycles. The normalized spacial score (nSPS) is 12.9. The Hall–Kier alpha value is -2.78. The molecule has 3 rings (SSSR count). The maximum atomic E-state index is 14.3. The Kier molecular flexibility index (Phi) is 11.7. The molecule has 0 spiro atoms. The van der Waals surface area contributed by atoms with Gasteiger partial charge in [-0.25, -0.2) is 8.42 Å². The molecule has 2 unspecified atom stereocenters. The van der Waals surface area contributed by atoms with Gasteiger partial charge in [0.15, 0.2) is 0 Å². The van der Waals surface area contributed by atoms with Gasteiger partial charge in [-0.1, -0.05) is 72.4 Å². The zero-order chi connectivity index (χ0) is 31.2. The van der Waals surface area contributed by atoms with E-state index >= 15 is 0 Å². The highest BCUT2D eigenvalue weighted by Crippen LogP contribution is 2.31. The van der Waals surface area contributed by atoms with E-state index in [2.05, 4.69) is 5.32 Å². The van der Waals surface area contributed by atoms with Gasteiger partial charge in [0.2, 0.25) is 11.8 Å². The van der Waals surface area contributed by atoms with Crippen molar-refractivity contribution in [1.29, 1.82) is 0 Å². The van der Waals surface area contributed by atoms with Gasteiger partial charge >= 0.3 is 0 Å². The molecule has 0 heterocycles. The summed E-state index contributed by atoms with van der Waals surface area (Å²) in [6, 6.07) is 15.1. The second-order valence-electron chi connectivity index (χ2n) is 10.2. The molecule has 2 atom stereocenters. The van der Waals surface area contributed by atoms with E-state index in [0.717, 1.165) is 9.87 Å². The van der Waals surface area contributed by atoms with Crippen LogP contribution < -0.4 is 9.62 Å². The van der Waals surface area contributed by atoms with E-state index in [9.17, 15) is 18.0 Å². The fraction of sp³-hybridized carbons (Fsp3) is 0.355. The molecule has 1 N–H and O–H groups in total. The molecule has 0 aromatic heterocycles. The minimum absolute atomic E-state index is 0.0255. The molecule has 0 saturated heterocycles. The van der Waals surface area contributed by atoms with Gasteiger partial charge in [-0.2, -0.15) is 0 Å². The fourth-order valence-electron chi connectivity index (χ4n) is 4.46. The number of nitrogens with zero attached hydrogens (tertiary/aromatic N) is 2. The van der Waals surface area contributed by atoms with Crippen molar-refractivity contribution in [3.05, 3.63) is 92.4 Å². The Balaban J connectivity index is 2.13. The van der Waals surface area contributed by atoms with Crippen molar-refractivity contribution in [3.63, 3.8) is 0 Å². The first-order valence-corrected chi connectivity index (χ1v) is 16.3. The number of hydrogen-bond acceptors (Lipinski definition) is 4. The lowest BCUT2D eigenvalue weighted by atomic mass is 10.1. The summed E-state index contributed by atoms with van der Waals surface area (Å²) in [7, 11) is -4.21. The summed E-state index contributed by atoms with van der Waals surface area (Å²) < 4.78 is 29.2. The molecular formula is C31H36Cl3N3O4S. The first-order valence-electron chi connectivity index (χ1n) is 13.7. The van der Waals surface area contributed by atoms with E-state index in [1.54, 1.807) is 62.4 Å². The maximum absolute atomic E-state index is 14.3. The van der Waals surface area contributed by atoms with Gasteiger partial charge < -0.3 is 10.2 Å². The summed E-state index contributed by atoms with van der Waals surface area (Å²) >= 11 is 19.1. The number of nitrogens with one attached hydrogen (secondary N) is 1. The number of amides is 2. The molecule has 11 heteroatoms. The number of aryl methyl sites for hydroxylation is 2. The van der Waals surface area contributed by atoms with Gasteiger partial charge in [0, 0.05) is 33.2 Å². The molecule has 0 fully saturated rings. The smallest absolute Gasteiger partial charge is 0.264 e. The van der Waals surface area contributed by atoms with Crippen molar-refractivity contribution in [2.45, 2.75) is 71.0 Å². The molecule has 0 radical (unpaired) electrons. The summed E-state index contributed by atoms with van der Waals surface area (Å²) in [5.74, 6) is -0.943. The van der Waals surface area contributed by atoms with Crippen LogP contribution in [0.5, 0.6) is 0 Å². The summed E-state index contributed by atoms with van der Waals surface area (Å²) in [5, 5.41) is 4.03. The topological polar surface area (TPSA) is 86.8 Å². The van der Waals surface area contributed by atoms with Gasteiger partial charge in [-0.3, -0.25) is 13.9 Å². The number of carbonyl (C=O) groups excluding carboxylic acids is 2. The van der Waals surface area contributed by atoms with Crippen LogP contribution in [0.3, 0.4) is 0 Å². The highest BCUT2D eigenvalue weighted by atomic mass is 35.5. The first-order chi connectivity index (χ1) is 19.8. The molecule has 3 aromatic carbocycles. The molecule has 226 valence electrons. The third kappa shape index (κ3) is 7.98. The number of benzene rings is 3. The van der Waals surface area contributed by atoms with Gasteiger partial charge in [-0.05, 0) is 81.6 Å². The van der Waals surface area contributed by atoms with E-state index in [1.165, 1.54) is 17.0 Å². The second-order valence-corrected chi connectivity index (χ2v) is 13.3. The minimum Gasteiger partial charge on any atom is -0.352 e. The fourth-order valence-corrected chi connectivity index (χ4v) is 6.69. The Morgan fingerprint density at radius 2 is 1.52 bits per heavy atom. The van der Waals surface area contributed by atoms with Gasteiger partial charge in [0.05, 0.1) is 10.6 Å². The first kappa shape index (κ1) is 33.7. The van der Waals surface area contributed by atoms with E-state index in [1.807, 2.05) is 20.8 Å². The van der Waals surface area contributed by atoms with Crippen LogP contribution in [-0.4, -0.2) is 43.8 Å². The van der Waals surface area contributed by atoms with Crippen molar-refractivity contribution < 1.29 is 18.0 Å². The largest absolute Gasteiger partial charge is 0.352 e. The Morgan fingerprint density at radius 3 is 2.07 bits per heavy atom. The summed E-state index contributed by atoms with van der Waals surface area (Å²) in [5.41, 5.74) is 2.20. The quantitative estimate of drug-likeness (QED) is 0.225. The van der Waals surface area contributed by atoms with Crippen LogP contribution in [0.2, 0.25) is 15.1 Å². The molecule has 0 aliphatic rings. The van der Waals surface area contributed by atoms with Crippen LogP contribution in [0.4, 0.5) is 5.69 Å². The van der Waals surface area contributed by atoms with Crippen LogP contribution >= 0.6 is 34.8 Å². The van der Waals surface area contributed by atoms with Crippen molar-refractivity contribution >= 4 is 62.3 Å². The molecular weight excluding hydrogens is 617 g/mol. The Labute approximate surface area is 263 Å². The van der Waals surface area contributed by atoms with E-state index in [4.69, 9.17) is 34.8 Å². The number of sulfonamides is 1. The summed E-state index contributed by atoms with van der Waals surface area (Å²) in [6.07, 6.45) is 0.978. The third-order valence-electron chi connectivity index (χ3n) is 7.09. The van der Waals surface area contributed by atoms with E-state index < -0.39 is 28.5 Å². The van der Waals surface area contributed by atoms with Gasteiger partial charge in [-0.15, -0.1) is 0 Å². The lowest BCUT2D eigenvalue weighted by molar-refractivity contribution is -0.140. The predicted molar refractivity (Wildman–Crippen MR) is 171 cm³/mol. The van der Waals surface area contributed by atoms with Crippen molar-refractivity contribution in [1.82, 2.24) is 10.2 Å². The lowest BCUT2D eigenvalue weighted by Crippen LogP contribution is -2.53. The molecule has 0 aliphatic heterocycles. The number of rotatable bonds is 12. The zero-order valence-corrected chi connectivity index (χ0v) is 27.4. The maximum Gasteiger partial charge on any atom is 0.264 e. The van der Waals surface area contributed by atoms with E-state index in [0.29, 0.717) is 38.3 Å². The Morgan fingerprint density at radius 1 is 0.905 bits per heavy atom. The number of anilines is 1. The number of halogens is 3. The van der Waals surface area contributed by atoms with Crippen molar-refractivity contribution in [2.24, 2.45) is 0 Å². The van der Waals surface area contributed by atoms with Gasteiger partial charge in [0.25, 0.3) is 10.0 Å². The highest BCUT2D eigenvalue weighted by molar-refractivity contribution is 7.92. The summed E-state index contributed by atoms with van der Waals surface area (Å²) in [6.45, 7) is 8.52. The highest BCUT2D eigenvalue weighted by Gasteiger charge is 2.35. The second kappa shape index (κ2) is 14.6. The van der Waals surface area contributed by atoms with Crippen LogP contribution in [0.1, 0.15) is 50.3 Å². The molecule has 0 bridgehead atoms. The summed E-state index contributed by atoms with van der Waals surface area (Å²) in [4.78, 5) is 29.1. The SMILES string of the molecule is CCC(C)NC(=O)C(CC)N(Cc1c(Cl)cccc1Cl)C(=O)CN(c1ccc(Cl)cc1C)S(=O)(=O)c1ccc(C)cc1. The van der Waals surface area contributed by atoms with Gasteiger partial charge in [0.1, 0.15) is 12.6 Å². The molecule has 0 saturated carbocycles. The molecule has 42 heavy (non-hydrogen) atoms. The molecule has 7 nitrogen and oxygen atoms in total.